The topological polar surface area (TPSA) is 59.1 Å². The molecule has 0 aromatic carbocycles. The molecule has 1 aromatic rings. The van der Waals surface area contributed by atoms with Gasteiger partial charge in [-0.25, -0.2) is 9.97 Å². The summed E-state index contributed by atoms with van der Waals surface area (Å²) in [6.45, 7) is 5.43. The Morgan fingerprint density at radius 3 is 2.75 bits per heavy atom. The van der Waals surface area contributed by atoms with Gasteiger partial charge >= 0.3 is 0 Å². The summed E-state index contributed by atoms with van der Waals surface area (Å²) < 4.78 is 6.26. The summed E-state index contributed by atoms with van der Waals surface area (Å²) in [4.78, 5) is 8.23. The highest BCUT2D eigenvalue weighted by Gasteiger charge is 2.08. The second-order valence-corrected chi connectivity index (χ2v) is 4.07. The van der Waals surface area contributed by atoms with Crippen LogP contribution >= 0.6 is 15.9 Å². The summed E-state index contributed by atoms with van der Waals surface area (Å²) in [5, 5.41) is 6.19. The lowest BCUT2D eigenvalue weighted by Gasteiger charge is -2.14. The highest BCUT2D eigenvalue weighted by molar-refractivity contribution is 9.10. The number of hydrogen-bond acceptors (Lipinski definition) is 5. The number of nitrogens with zero attached hydrogens (tertiary/aromatic N) is 2. The molecular weight excluding hydrogens is 272 g/mol. The van der Waals surface area contributed by atoms with Crippen LogP contribution in [0.2, 0.25) is 0 Å². The fourth-order valence-electron chi connectivity index (χ4n) is 1.25. The standard InChI is InChI=1S/C10H17BrN4O/c1-4-16-7(2)5-13-10-8(11)9(12-3)14-6-15-10/h6-7H,4-5H2,1-3H3,(H2,12,13,14,15). The van der Waals surface area contributed by atoms with E-state index in [4.69, 9.17) is 4.74 Å². The van der Waals surface area contributed by atoms with Gasteiger partial charge in [-0.2, -0.15) is 0 Å². The van der Waals surface area contributed by atoms with Gasteiger partial charge in [0.1, 0.15) is 22.4 Å². The van der Waals surface area contributed by atoms with Gasteiger partial charge < -0.3 is 15.4 Å². The van der Waals surface area contributed by atoms with Crippen LogP contribution in [0.5, 0.6) is 0 Å². The first-order valence-electron chi connectivity index (χ1n) is 5.22. The Balaban J connectivity index is 2.60. The summed E-state index contributed by atoms with van der Waals surface area (Å²) in [6, 6.07) is 0. The van der Waals surface area contributed by atoms with E-state index in [-0.39, 0.29) is 6.10 Å². The van der Waals surface area contributed by atoms with Crippen molar-refractivity contribution in [2.45, 2.75) is 20.0 Å². The summed E-state index contributed by atoms with van der Waals surface area (Å²) in [7, 11) is 1.82. The Labute approximate surface area is 104 Å². The van der Waals surface area contributed by atoms with Gasteiger partial charge in [-0.15, -0.1) is 0 Å². The first-order valence-corrected chi connectivity index (χ1v) is 6.02. The molecule has 1 rings (SSSR count). The highest BCUT2D eigenvalue weighted by atomic mass is 79.9. The zero-order chi connectivity index (χ0) is 12.0. The van der Waals surface area contributed by atoms with E-state index in [9.17, 15) is 0 Å². The molecule has 0 aliphatic rings. The summed E-state index contributed by atoms with van der Waals surface area (Å²) in [5.41, 5.74) is 0. The molecule has 0 saturated heterocycles. The normalized spacial score (nSPS) is 12.2. The molecule has 0 radical (unpaired) electrons. The molecule has 0 amide bonds. The van der Waals surface area contributed by atoms with E-state index in [2.05, 4.69) is 36.5 Å². The van der Waals surface area contributed by atoms with Crippen LogP contribution in [-0.4, -0.2) is 36.3 Å². The average molecular weight is 289 g/mol. The minimum absolute atomic E-state index is 0.157. The Hall–Kier alpha value is -0.880. The van der Waals surface area contributed by atoms with Crippen LogP contribution in [0.1, 0.15) is 13.8 Å². The molecule has 90 valence electrons. The SMILES string of the molecule is CCOC(C)CNc1ncnc(NC)c1Br. The van der Waals surface area contributed by atoms with Gasteiger partial charge in [0.15, 0.2) is 0 Å². The predicted octanol–water partition coefficient (Wildman–Crippen LogP) is 2.12. The van der Waals surface area contributed by atoms with E-state index in [1.54, 1.807) is 0 Å². The molecule has 1 aromatic heterocycles. The second kappa shape index (κ2) is 6.65. The maximum absolute atomic E-state index is 5.42. The maximum Gasteiger partial charge on any atom is 0.146 e. The first kappa shape index (κ1) is 13.2. The van der Waals surface area contributed by atoms with Crippen molar-refractivity contribution in [2.24, 2.45) is 0 Å². The van der Waals surface area contributed by atoms with Crippen LogP contribution in [0, 0.1) is 0 Å². The Kier molecular flexibility index (Phi) is 5.48. The van der Waals surface area contributed by atoms with Crippen molar-refractivity contribution in [1.82, 2.24) is 9.97 Å². The Bertz CT molecular complexity index is 335. The molecule has 1 heterocycles. The number of rotatable bonds is 6. The molecule has 0 fully saturated rings. The second-order valence-electron chi connectivity index (χ2n) is 3.28. The number of aromatic nitrogens is 2. The van der Waals surface area contributed by atoms with Crippen LogP contribution in [0.4, 0.5) is 11.6 Å². The van der Waals surface area contributed by atoms with E-state index in [0.717, 1.165) is 22.7 Å². The molecule has 2 N–H and O–H groups in total. The van der Waals surface area contributed by atoms with Crippen molar-refractivity contribution >= 4 is 27.6 Å². The quantitative estimate of drug-likeness (QED) is 0.840. The van der Waals surface area contributed by atoms with E-state index >= 15 is 0 Å². The summed E-state index contributed by atoms with van der Waals surface area (Å²) >= 11 is 3.44. The van der Waals surface area contributed by atoms with Crippen molar-refractivity contribution in [3.63, 3.8) is 0 Å². The molecule has 0 bridgehead atoms. The smallest absolute Gasteiger partial charge is 0.146 e. The lowest BCUT2D eigenvalue weighted by atomic mass is 10.4. The van der Waals surface area contributed by atoms with Gasteiger partial charge in [0.25, 0.3) is 0 Å². The molecule has 6 heteroatoms. The monoisotopic (exact) mass is 288 g/mol. The van der Waals surface area contributed by atoms with Crippen LogP contribution in [0.25, 0.3) is 0 Å². The van der Waals surface area contributed by atoms with Crippen molar-refractivity contribution in [3.05, 3.63) is 10.8 Å². The molecule has 16 heavy (non-hydrogen) atoms. The third kappa shape index (κ3) is 3.61. The van der Waals surface area contributed by atoms with Gasteiger partial charge in [0.05, 0.1) is 6.10 Å². The Morgan fingerprint density at radius 2 is 2.12 bits per heavy atom. The zero-order valence-electron chi connectivity index (χ0n) is 9.75. The van der Waals surface area contributed by atoms with Crippen molar-refractivity contribution < 1.29 is 4.74 Å². The van der Waals surface area contributed by atoms with Crippen LogP contribution in [0.3, 0.4) is 0 Å². The lowest BCUT2D eigenvalue weighted by molar-refractivity contribution is 0.0854. The zero-order valence-corrected chi connectivity index (χ0v) is 11.3. The van der Waals surface area contributed by atoms with Gasteiger partial charge in [-0.05, 0) is 29.8 Å². The summed E-state index contributed by atoms with van der Waals surface area (Å²) in [6.07, 6.45) is 1.68. The lowest BCUT2D eigenvalue weighted by Crippen LogP contribution is -2.20. The number of nitrogens with one attached hydrogen (secondary N) is 2. The minimum atomic E-state index is 0.157. The van der Waals surface area contributed by atoms with Crippen LogP contribution in [-0.2, 0) is 4.74 Å². The van der Waals surface area contributed by atoms with Gasteiger partial charge in [0.2, 0.25) is 0 Å². The number of ether oxygens (including phenoxy) is 1. The van der Waals surface area contributed by atoms with E-state index in [1.165, 1.54) is 6.33 Å². The molecule has 0 spiro atoms. The molecule has 0 aliphatic carbocycles. The molecule has 0 saturated carbocycles. The fourth-order valence-corrected chi connectivity index (χ4v) is 1.79. The van der Waals surface area contributed by atoms with E-state index in [1.807, 2.05) is 20.9 Å². The largest absolute Gasteiger partial charge is 0.377 e. The predicted molar refractivity (Wildman–Crippen MR) is 68.9 cm³/mol. The van der Waals surface area contributed by atoms with Gasteiger partial charge in [-0.3, -0.25) is 0 Å². The van der Waals surface area contributed by atoms with E-state index < -0.39 is 0 Å². The number of halogens is 1. The fraction of sp³-hybridized carbons (Fsp3) is 0.600. The van der Waals surface area contributed by atoms with Crippen molar-refractivity contribution in [1.29, 1.82) is 0 Å². The number of hydrogen-bond donors (Lipinski definition) is 2. The maximum atomic E-state index is 5.42. The molecule has 1 unspecified atom stereocenters. The van der Waals surface area contributed by atoms with Crippen LogP contribution in [0.15, 0.2) is 10.8 Å². The number of anilines is 2. The molecule has 0 aliphatic heterocycles. The van der Waals surface area contributed by atoms with Gasteiger partial charge in [0, 0.05) is 20.2 Å². The molecular formula is C10H17BrN4O. The summed E-state index contributed by atoms with van der Waals surface area (Å²) in [5.74, 6) is 1.53. The van der Waals surface area contributed by atoms with Gasteiger partial charge in [-0.1, -0.05) is 0 Å². The van der Waals surface area contributed by atoms with Crippen molar-refractivity contribution in [3.8, 4) is 0 Å². The van der Waals surface area contributed by atoms with Crippen molar-refractivity contribution in [2.75, 3.05) is 30.8 Å². The minimum Gasteiger partial charge on any atom is -0.377 e. The van der Waals surface area contributed by atoms with E-state index in [0.29, 0.717) is 6.54 Å². The molecule has 1 atom stereocenters. The first-order chi connectivity index (χ1) is 7.69. The van der Waals surface area contributed by atoms with Crippen LogP contribution < -0.4 is 10.6 Å². The third-order valence-corrected chi connectivity index (χ3v) is 2.79. The third-order valence-electron chi connectivity index (χ3n) is 2.03. The molecule has 5 nitrogen and oxygen atoms in total. The highest BCUT2D eigenvalue weighted by Crippen LogP contribution is 2.25. The average Bonchev–Trinajstić information content (AvgIpc) is 2.28. The Morgan fingerprint density at radius 1 is 1.44 bits per heavy atom.